The molecule has 0 aliphatic heterocycles. The maximum absolute atomic E-state index is 10.6. The number of nitrogens with one attached hydrogen (secondary N) is 1. The topological polar surface area (TPSA) is 75.4 Å². The van der Waals surface area contributed by atoms with Gasteiger partial charge in [-0.25, -0.2) is 0 Å². The van der Waals surface area contributed by atoms with Gasteiger partial charge in [0.25, 0.3) is 0 Å². The molecule has 0 aliphatic rings. The Kier molecular flexibility index (Phi) is 3.68. The van der Waals surface area contributed by atoms with Crippen molar-refractivity contribution in [1.29, 1.82) is 0 Å². The second-order valence-electron chi connectivity index (χ2n) is 3.12. The van der Waals surface area contributed by atoms with E-state index < -0.39 is 0 Å². The minimum atomic E-state index is 0.265. The summed E-state index contributed by atoms with van der Waals surface area (Å²) in [5.41, 5.74) is 10.4. The smallest absolute Gasteiger partial charge is 0.228 e. The Labute approximate surface area is 87.8 Å². The van der Waals surface area contributed by atoms with Gasteiger partial charge in [-0.05, 0) is 24.1 Å². The molecular formula is C10H13N3O2. The number of carbonyl (C=O) groups is 2. The number of rotatable bonds is 5. The Hall–Kier alpha value is -2.04. The summed E-state index contributed by atoms with van der Waals surface area (Å²) in [6.07, 6.45) is 0.989. The highest BCUT2D eigenvalue weighted by Crippen LogP contribution is 2.17. The normalized spacial score (nSPS) is 9.40. The Morgan fingerprint density at radius 2 is 2.20 bits per heavy atom. The average Bonchev–Trinajstić information content (AvgIpc) is 2.22. The number of nitrogens with two attached hydrogens (primary N) is 1. The molecule has 3 N–H and O–H groups in total. The molecule has 0 heterocycles. The van der Waals surface area contributed by atoms with Crippen LogP contribution in [-0.2, 0) is 16.1 Å². The zero-order chi connectivity index (χ0) is 11.3. The SMILES string of the molecule is Cc1cccc(N)c1CN(C=O)NC=O. The first-order chi connectivity index (χ1) is 7.19. The molecule has 0 aromatic heterocycles. The van der Waals surface area contributed by atoms with E-state index in [4.69, 9.17) is 5.73 Å². The highest BCUT2D eigenvalue weighted by atomic mass is 16.2. The van der Waals surface area contributed by atoms with E-state index in [-0.39, 0.29) is 6.54 Å². The number of hydrogen-bond donors (Lipinski definition) is 2. The van der Waals surface area contributed by atoms with Crippen molar-refractivity contribution in [2.75, 3.05) is 5.73 Å². The minimum absolute atomic E-state index is 0.265. The highest BCUT2D eigenvalue weighted by molar-refractivity contribution is 5.56. The fourth-order valence-electron chi connectivity index (χ4n) is 1.29. The van der Waals surface area contributed by atoms with Crippen molar-refractivity contribution in [2.45, 2.75) is 13.5 Å². The first kappa shape index (κ1) is 11.0. The number of nitrogens with zero attached hydrogens (tertiary/aromatic N) is 1. The zero-order valence-corrected chi connectivity index (χ0v) is 8.43. The van der Waals surface area contributed by atoms with Gasteiger partial charge in [0.15, 0.2) is 0 Å². The summed E-state index contributed by atoms with van der Waals surface area (Å²) < 4.78 is 0. The summed E-state index contributed by atoms with van der Waals surface area (Å²) in [5.74, 6) is 0. The molecular weight excluding hydrogens is 194 g/mol. The van der Waals surface area contributed by atoms with Crippen molar-refractivity contribution in [3.05, 3.63) is 29.3 Å². The van der Waals surface area contributed by atoms with Gasteiger partial charge >= 0.3 is 0 Å². The molecule has 2 amide bonds. The van der Waals surface area contributed by atoms with Crippen LogP contribution in [0.1, 0.15) is 11.1 Å². The van der Waals surface area contributed by atoms with Crippen molar-refractivity contribution < 1.29 is 9.59 Å². The van der Waals surface area contributed by atoms with Crippen LogP contribution in [0.5, 0.6) is 0 Å². The van der Waals surface area contributed by atoms with Gasteiger partial charge in [0.05, 0.1) is 6.54 Å². The van der Waals surface area contributed by atoms with Crippen LogP contribution in [0.2, 0.25) is 0 Å². The Bertz CT molecular complexity index is 345. The number of nitrogen functional groups attached to an aromatic ring is 1. The average molecular weight is 207 g/mol. The zero-order valence-electron chi connectivity index (χ0n) is 8.43. The number of hydrazine groups is 1. The third-order valence-corrected chi connectivity index (χ3v) is 2.12. The molecule has 0 saturated carbocycles. The van der Waals surface area contributed by atoms with Crippen LogP contribution in [0.3, 0.4) is 0 Å². The summed E-state index contributed by atoms with van der Waals surface area (Å²) >= 11 is 0. The summed E-state index contributed by atoms with van der Waals surface area (Å²) in [4.78, 5) is 20.8. The molecule has 5 nitrogen and oxygen atoms in total. The number of benzene rings is 1. The number of carbonyl (C=O) groups excluding carboxylic acids is 2. The Morgan fingerprint density at radius 1 is 1.47 bits per heavy atom. The van der Waals surface area contributed by atoms with Gasteiger partial charge in [-0.3, -0.25) is 20.0 Å². The van der Waals surface area contributed by atoms with Gasteiger partial charge in [0, 0.05) is 5.69 Å². The van der Waals surface area contributed by atoms with Crippen LogP contribution >= 0.6 is 0 Å². The van der Waals surface area contributed by atoms with Crippen LogP contribution < -0.4 is 11.2 Å². The third-order valence-electron chi connectivity index (χ3n) is 2.12. The monoisotopic (exact) mass is 207 g/mol. The van der Waals surface area contributed by atoms with E-state index in [2.05, 4.69) is 5.43 Å². The van der Waals surface area contributed by atoms with E-state index in [1.165, 1.54) is 0 Å². The van der Waals surface area contributed by atoms with Gasteiger partial charge in [0.1, 0.15) is 0 Å². The lowest BCUT2D eigenvalue weighted by molar-refractivity contribution is -0.127. The molecule has 0 atom stereocenters. The molecule has 0 fully saturated rings. The molecule has 5 heteroatoms. The molecule has 0 saturated heterocycles. The van der Waals surface area contributed by atoms with Crippen molar-refractivity contribution in [1.82, 2.24) is 10.4 Å². The number of aryl methyl sites for hydroxylation is 1. The lowest BCUT2D eigenvalue weighted by Gasteiger charge is -2.17. The van der Waals surface area contributed by atoms with Crippen molar-refractivity contribution >= 4 is 18.5 Å². The maximum atomic E-state index is 10.6. The third kappa shape index (κ3) is 2.70. The molecule has 15 heavy (non-hydrogen) atoms. The van der Waals surface area contributed by atoms with Crippen LogP contribution in [0.15, 0.2) is 18.2 Å². The largest absolute Gasteiger partial charge is 0.398 e. The number of anilines is 1. The molecule has 0 radical (unpaired) electrons. The minimum Gasteiger partial charge on any atom is -0.398 e. The van der Waals surface area contributed by atoms with E-state index >= 15 is 0 Å². The van der Waals surface area contributed by atoms with E-state index in [1.54, 1.807) is 6.07 Å². The standard InChI is InChI=1S/C10H13N3O2/c1-8-3-2-4-10(11)9(8)5-13(7-15)12-6-14/h2-4,6-7H,5,11H2,1H3,(H,12,14). The van der Waals surface area contributed by atoms with Crippen molar-refractivity contribution in [3.8, 4) is 0 Å². The fraction of sp³-hybridized carbons (Fsp3) is 0.200. The van der Waals surface area contributed by atoms with E-state index in [0.717, 1.165) is 16.1 Å². The summed E-state index contributed by atoms with van der Waals surface area (Å²) in [6, 6.07) is 5.49. The molecule has 1 aromatic rings. The van der Waals surface area contributed by atoms with Gasteiger partial charge in [-0.15, -0.1) is 0 Å². The van der Waals surface area contributed by atoms with E-state index in [1.807, 2.05) is 19.1 Å². The first-order valence-electron chi connectivity index (χ1n) is 4.44. The number of hydrogen-bond acceptors (Lipinski definition) is 3. The lowest BCUT2D eigenvalue weighted by Crippen LogP contribution is -2.35. The molecule has 1 aromatic carbocycles. The summed E-state index contributed by atoms with van der Waals surface area (Å²) in [7, 11) is 0. The van der Waals surface area contributed by atoms with Crippen LogP contribution in [-0.4, -0.2) is 17.8 Å². The first-order valence-corrected chi connectivity index (χ1v) is 4.44. The second kappa shape index (κ2) is 4.99. The Balaban J connectivity index is 2.87. The van der Waals surface area contributed by atoms with Gasteiger partial charge in [-0.2, -0.15) is 0 Å². The van der Waals surface area contributed by atoms with Crippen molar-refractivity contribution in [2.24, 2.45) is 0 Å². The molecule has 1 rings (SSSR count). The Morgan fingerprint density at radius 3 is 2.73 bits per heavy atom. The summed E-state index contributed by atoms with van der Waals surface area (Å²) in [6.45, 7) is 2.16. The quantitative estimate of drug-likeness (QED) is 0.411. The second-order valence-corrected chi connectivity index (χ2v) is 3.12. The predicted molar refractivity (Wildman–Crippen MR) is 56.4 cm³/mol. The van der Waals surface area contributed by atoms with Gasteiger partial charge < -0.3 is 5.73 Å². The number of amides is 2. The van der Waals surface area contributed by atoms with Crippen molar-refractivity contribution in [3.63, 3.8) is 0 Å². The van der Waals surface area contributed by atoms with Crippen LogP contribution in [0.25, 0.3) is 0 Å². The maximum Gasteiger partial charge on any atom is 0.228 e. The fourth-order valence-corrected chi connectivity index (χ4v) is 1.29. The van der Waals surface area contributed by atoms with Gasteiger partial charge in [0.2, 0.25) is 12.8 Å². The van der Waals surface area contributed by atoms with Crippen LogP contribution in [0, 0.1) is 6.92 Å². The predicted octanol–water partition coefficient (Wildman–Crippen LogP) is 0.197. The van der Waals surface area contributed by atoms with E-state index in [0.29, 0.717) is 18.5 Å². The highest BCUT2D eigenvalue weighted by Gasteiger charge is 2.07. The van der Waals surface area contributed by atoms with Crippen LogP contribution in [0.4, 0.5) is 5.69 Å². The van der Waals surface area contributed by atoms with E-state index in [9.17, 15) is 9.59 Å². The molecule has 80 valence electrons. The molecule has 0 spiro atoms. The molecule has 0 unspecified atom stereocenters. The molecule has 0 bridgehead atoms. The lowest BCUT2D eigenvalue weighted by atomic mass is 10.1. The molecule has 0 aliphatic carbocycles. The van der Waals surface area contributed by atoms with Gasteiger partial charge in [-0.1, -0.05) is 12.1 Å². The summed E-state index contributed by atoms with van der Waals surface area (Å²) in [5, 5.41) is 1.13.